The van der Waals surface area contributed by atoms with Gasteiger partial charge in [0.15, 0.2) is 0 Å². The molecule has 2 heterocycles. The van der Waals surface area contributed by atoms with Crippen LogP contribution in [0, 0.1) is 6.92 Å². The van der Waals surface area contributed by atoms with Crippen LogP contribution in [-0.2, 0) is 0 Å². The summed E-state index contributed by atoms with van der Waals surface area (Å²) in [5.74, 6) is 0.480. The van der Waals surface area contributed by atoms with E-state index in [1.807, 2.05) is 43.3 Å². The first-order chi connectivity index (χ1) is 13.6. The van der Waals surface area contributed by atoms with Crippen molar-refractivity contribution in [1.29, 1.82) is 0 Å². The maximum atomic E-state index is 12.9. The Hall–Kier alpha value is -3.38. The summed E-state index contributed by atoms with van der Waals surface area (Å²) in [5.41, 5.74) is 10.5. The number of nitrogen functional groups attached to an aromatic ring is 1. The Morgan fingerprint density at radius 3 is 2.50 bits per heavy atom. The molecule has 0 bridgehead atoms. The number of thiophene rings is 1. The van der Waals surface area contributed by atoms with E-state index in [1.54, 1.807) is 31.4 Å². The van der Waals surface area contributed by atoms with Crippen LogP contribution in [0.1, 0.15) is 15.4 Å². The molecule has 2 aromatic heterocycles. The molecule has 6 heteroatoms. The number of pyridine rings is 1. The van der Waals surface area contributed by atoms with Crippen LogP contribution in [0.4, 0.5) is 11.4 Å². The molecule has 0 spiro atoms. The standard InChI is InChI=1S/C22H19N3O2S/c1-13-12-17(14-6-4-3-5-7-14)18-19(23)20(28-22(18)24-13)21(26)25-15-8-10-16(27-2)11-9-15/h3-12H,23H2,1-2H3,(H,25,26). The summed E-state index contributed by atoms with van der Waals surface area (Å²) < 4.78 is 5.15. The van der Waals surface area contributed by atoms with Gasteiger partial charge in [0, 0.05) is 16.8 Å². The van der Waals surface area contributed by atoms with Crippen molar-refractivity contribution in [2.75, 3.05) is 18.2 Å². The van der Waals surface area contributed by atoms with E-state index in [4.69, 9.17) is 10.5 Å². The first-order valence-corrected chi connectivity index (χ1v) is 9.59. The van der Waals surface area contributed by atoms with Crippen LogP contribution in [0.5, 0.6) is 5.75 Å². The summed E-state index contributed by atoms with van der Waals surface area (Å²) in [4.78, 5) is 18.7. The minimum atomic E-state index is -0.248. The quantitative estimate of drug-likeness (QED) is 0.508. The lowest BCUT2D eigenvalue weighted by Crippen LogP contribution is -2.11. The van der Waals surface area contributed by atoms with Gasteiger partial charge >= 0.3 is 0 Å². The number of ether oxygens (including phenoxy) is 1. The Bertz CT molecular complexity index is 1150. The average molecular weight is 389 g/mol. The predicted molar refractivity (Wildman–Crippen MR) is 115 cm³/mol. The van der Waals surface area contributed by atoms with Crippen molar-refractivity contribution in [1.82, 2.24) is 4.98 Å². The number of carbonyl (C=O) groups excluding carboxylic acids is 1. The number of nitrogens with one attached hydrogen (secondary N) is 1. The molecule has 0 saturated heterocycles. The number of amides is 1. The minimum Gasteiger partial charge on any atom is -0.497 e. The number of hydrogen-bond acceptors (Lipinski definition) is 5. The van der Waals surface area contributed by atoms with E-state index in [-0.39, 0.29) is 5.91 Å². The van der Waals surface area contributed by atoms with Crippen molar-refractivity contribution in [2.45, 2.75) is 6.92 Å². The predicted octanol–water partition coefficient (Wildman–Crippen LogP) is 5.11. The fourth-order valence-corrected chi connectivity index (χ4v) is 4.18. The molecule has 140 valence electrons. The first-order valence-electron chi connectivity index (χ1n) is 8.77. The average Bonchev–Trinajstić information content (AvgIpc) is 3.05. The second kappa shape index (κ2) is 7.32. The second-order valence-corrected chi connectivity index (χ2v) is 7.38. The molecule has 0 atom stereocenters. The lowest BCUT2D eigenvalue weighted by molar-refractivity contribution is 0.103. The van der Waals surface area contributed by atoms with E-state index in [0.717, 1.165) is 32.8 Å². The monoisotopic (exact) mass is 389 g/mol. The molecule has 0 saturated carbocycles. The SMILES string of the molecule is COc1ccc(NC(=O)c2sc3nc(C)cc(-c4ccccc4)c3c2N)cc1. The molecule has 2 aromatic carbocycles. The second-order valence-electron chi connectivity index (χ2n) is 6.38. The third kappa shape index (κ3) is 3.30. The van der Waals surface area contributed by atoms with Crippen LogP contribution in [0.3, 0.4) is 0 Å². The van der Waals surface area contributed by atoms with Crippen molar-refractivity contribution >= 4 is 38.8 Å². The van der Waals surface area contributed by atoms with Gasteiger partial charge in [-0.3, -0.25) is 4.79 Å². The number of aromatic nitrogens is 1. The highest BCUT2D eigenvalue weighted by Gasteiger charge is 2.20. The first kappa shape index (κ1) is 18.0. The third-order valence-electron chi connectivity index (χ3n) is 4.47. The molecule has 5 nitrogen and oxygen atoms in total. The van der Waals surface area contributed by atoms with Crippen LogP contribution in [0.25, 0.3) is 21.3 Å². The molecule has 3 N–H and O–H groups in total. The van der Waals surface area contributed by atoms with Crippen molar-refractivity contribution in [3.8, 4) is 16.9 Å². The fourth-order valence-electron chi connectivity index (χ4n) is 3.12. The highest BCUT2D eigenvalue weighted by atomic mass is 32.1. The topological polar surface area (TPSA) is 77.2 Å². The molecule has 0 radical (unpaired) electrons. The van der Waals surface area contributed by atoms with Gasteiger partial charge in [-0.2, -0.15) is 0 Å². The minimum absolute atomic E-state index is 0.248. The molecule has 0 aliphatic rings. The smallest absolute Gasteiger partial charge is 0.267 e. The summed E-state index contributed by atoms with van der Waals surface area (Å²) in [6, 6.07) is 19.2. The van der Waals surface area contributed by atoms with Crippen LogP contribution in [0.15, 0.2) is 60.7 Å². The third-order valence-corrected chi connectivity index (χ3v) is 5.56. The number of anilines is 2. The van der Waals surface area contributed by atoms with Gasteiger partial charge in [0.25, 0.3) is 5.91 Å². The molecule has 0 aliphatic carbocycles. The van der Waals surface area contributed by atoms with Gasteiger partial charge < -0.3 is 15.8 Å². The number of hydrogen-bond donors (Lipinski definition) is 2. The molecule has 4 aromatic rings. The zero-order valence-electron chi connectivity index (χ0n) is 15.5. The van der Waals surface area contributed by atoms with Gasteiger partial charge in [-0.25, -0.2) is 4.98 Å². The largest absolute Gasteiger partial charge is 0.497 e. The molecule has 0 unspecified atom stereocenters. The van der Waals surface area contributed by atoms with Crippen LogP contribution in [-0.4, -0.2) is 18.0 Å². The van der Waals surface area contributed by atoms with Gasteiger partial charge in [-0.05, 0) is 48.4 Å². The van der Waals surface area contributed by atoms with Crippen LogP contribution >= 0.6 is 11.3 Å². The Morgan fingerprint density at radius 2 is 1.82 bits per heavy atom. The lowest BCUT2D eigenvalue weighted by Gasteiger charge is -2.07. The maximum Gasteiger partial charge on any atom is 0.267 e. The maximum absolute atomic E-state index is 12.9. The van der Waals surface area contributed by atoms with Crippen LogP contribution in [0.2, 0.25) is 0 Å². The number of aryl methyl sites for hydroxylation is 1. The summed E-state index contributed by atoms with van der Waals surface area (Å²) in [6.07, 6.45) is 0. The van der Waals surface area contributed by atoms with Gasteiger partial charge in [0.2, 0.25) is 0 Å². The van der Waals surface area contributed by atoms with Gasteiger partial charge in [-0.1, -0.05) is 30.3 Å². The molecule has 0 aliphatic heterocycles. The van der Waals surface area contributed by atoms with Crippen molar-refractivity contribution in [3.05, 3.63) is 71.2 Å². The number of rotatable bonds is 4. The molecular weight excluding hydrogens is 370 g/mol. The van der Waals surface area contributed by atoms with Crippen LogP contribution < -0.4 is 15.8 Å². The molecule has 28 heavy (non-hydrogen) atoms. The highest BCUT2D eigenvalue weighted by Crippen LogP contribution is 2.39. The summed E-state index contributed by atoms with van der Waals surface area (Å²) in [7, 11) is 1.60. The number of benzene rings is 2. The number of methoxy groups -OCH3 is 1. The molecule has 4 rings (SSSR count). The lowest BCUT2D eigenvalue weighted by atomic mass is 10.0. The van der Waals surface area contributed by atoms with E-state index in [0.29, 0.717) is 16.3 Å². The zero-order valence-corrected chi connectivity index (χ0v) is 16.3. The summed E-state index contributed by atoms with van der Waals surface area (Å²) in [6.45, 7) is 1.94. The Kier molecular flexibility index (Phi) is 4.71. The number of nitrogens with two attached hydrogens (primary N) is 1. The Labute approximate surface area is 166 Å². The molecule has 0 fully saturated rings. The van der Waals surface area contributed by atoms with Crippen molar-refractivity contribution in [3.63, 3.8) is 0 Å². The van der Waals surface area contributed by atoms with Crippen molar-refractivity contribution < 1.29 is 9.53 Å². The number of fused-ring (bicyclic) bond motifs is 1. The van der Waals surface area contributed by atoms with E-state index in [2.05, 4.69) is 10.3 Å². The van der Waals surface area contributed by atoms with E-state index < -0.39 is 0 Å². The molecule has 1 amide bonds. The van der Waals surface area contributed by atoms with E-state index in [1.165, 1.54) is 11.3 Å². The zero-order chi connectivity index (χ0) is 19.7. The number of nitrogens with zero attached hydrogens (tertiary/aromatic N) is 1. The Balaban J connectivity index is 1.76. The highest BCUT2D eigenvalue weighted by molar-refractivity contribution is 7.21. The number of carbonyl (C=O) groups is 1. The Morgan fingerprint density at radius 1 is 1.11 bits per heavy atom. The summed E-state index contributed by atoms with van der Waals surface area (Å²) >= 11 is 1.31. The summed E-state index contributed by atoms with van der Waals surface area (Å²) in [5, 5.41) is 3.71. The normalized spacial score (nSPS) is 10.8. The van der Waals surface area contributed by atoms with Crippen molar-refractivity contribution in [2.24, 2.45) is 0 Å². The van der Waals surface area contributed by atoms with Gasteiger partial charge in [-0.15, -0.1) is 11.3 Å². The fraction of sp³-hybridized carbons (Fsp3) is 0.0909. The van der Waals surface area contributed by atoms with Gasteiger partial charge in [0.05, 0.1) is 12.8 Å². The van der Waals surface area contributed by atoms with Gasteiger partial charge in [0.1, 0.15) is 15.5 Å². The van der Waals surface area contributed by atoms with E-state index >= 15 is 0 Å². The molecular formula is C22H19N3O2S. The van der Waals surface area contributed by atoms with E-state index in [9.17, 15) is 4.79 Å².